The van der Waals surface area contributed by atoms with E-state index in [1.54, 1.807) is 32.9 Å². The van der Waals surface area contributed by atoms with E-state index in [1.165, 1.54) is 45.1 Å². The van der Waals surface area contributed by atoms with Crippen molar-refractivity contribution in [3.8, 4) is 17.2 Å². The van der Waals surface area contributed by atoms with Crippen LogP contribution in [0.3, 0.4) is 0 Å². The van der Waals surface area contributed by atoms with E-state index in [1.807, 2.05) is 6.07 Å². The molecule has 1 aliphatic rings. The molecule has 51 heavy (non-hydrogen) atoms. The van der Waals surface area contributed by atoms with E-state index in [4.69, 9.17) is 28.4 Å². The Hall–Kier alpha value is -4.94. The number of carbonyl (C=O) groups is 5. The number of methoxy groups -OCH3 is 2. The van der Waals surface area contributed by atoms with Crippen LogP contribution >= 0.6 is 0 Å². The molecule has 1 aliphatic heterocycles. The maximum absolute atomic E-state index is 14.9. The molecule has 0 saturated carbocycles. The lowest BCUT2D eigenvalue weighted by Crippen LogP contribution is -2.53. The van der Waals surface area contributed by atoms with Gasteiger partial charge in [-0.3, -0.25) is 9.59 Å². The molecule has 278 valence electrons. The molecule has 3 rings (SSSR count). The normalized spacial score (nSPS) is 15.2. The summed E-state index contributed by atoms with van der Waals surface area (Å²) in [6.07, 6.45) is 2.02. The fourth-order valence-electron chi connectivity index (χ4n) is 5.40. The smallest absolute Gasteiger partial charge is 0.344 e. The topological polar surface area (TPSA) is 144 Å². The lowest BCUT2D eigenvalue weighted by molar-refractivity contribution is -0.165. The van der Waals surface area contributed by atoms with Gasteiger partial charge in [-0.1, -0.05) is 18.7 Å². The molecule has 13 heteroatoms. The van der Waals surface area contributed by atoms with Gasteiger partial charge in [0.1, 0.15) is 24.4 Å². The Bertz CT molecular complexity index is 1600. The number of nitrogens with zero attached hydrogens (tertiary/aromatic N) is 1. The van der Waals surface area contributed by atoms with Crippen molar-refractivity contribution in [3.05, 3.63) is 66.0 Å². The Labute approximate surface area is 298 Å². The molecule has 0 aromatic heterocycles. The van der Waals surface area contributed by atoms with Gasteiger partial charge < -0.3 is 33.3 Å². The predicted octanol–water partition coefficient (Wildman–Crippen LogP) is 5.49. The van der Waals surface area contributed by atoms with Gasteiger partial charge in [0.25, 0.3) is 5.91 Å². The number of carbonyl (C=O) groups excluding carboxylic acids is 5. The van der Waals surface area contributed by atoms with Crippen LogP contribution in [0.1, 0.15) is 77.5 Å². The molecule has 2 aromatic rings. The number of esters is 3. The van der Waals surface area contributed by atoms with Gasteiger partial charge >= 0.3 is 17.9 Å². The minimum atomic E-state index is -1.37. The average Bonchev–Trinajstić information content (AvgIpc) is 3.10. The number of piperidine rings is 1. The molecule has 12 nitrogen and oxygen atoms in total. The molecule has 1 saturated heterocycles. The maximum Gasteiger partial charge on any atom is 0.344 e. The van der Waals surface area contributed by atoms with Gasteiger partial charge in [0.2, 0.25) is 5.78 Å². The maximum atomic E-state index is 14.9. The van der Waals surface area contributed by atoms with Crippen LogP contribution in [0.15, 0.2) is 49.1 Å². The fraction of sp³-hybridized carbons (Fsp3) is 0.500. The van der Waals surface area contributed by atoms with Crippen LogP contribution < -0.4 is 14.2 Å². The summed E-state index contributed by atoms with van der Waals surface area (Å²) in [6.45, 7) is 10.6. The molecule has 0 N–H and O–H groups in total. The summed E-state index contributed by atoms with van der Waals surface area (Å²) in [7, 11) is 3.04. The summed E-state index contributed by atoms with van der Waals surface area (Å²) in [5, 5.41) is 0. The summed E-state index contributed by atoms with van der Waals surface area (Å²) in [6, 6.07) is 8.25. The molecule has 1 fully saturated rings. The van der Waals surface area contributed by atoms with Gasteiger partial charge in [0.05, 0.1) is 19.6 Å². The molecule has 1 heterocycles. The van der Waals surface area contributed by atoms with Crippen molar-refractivity contribution in [2.24, 2.45) is 5.41 Å². The number of amides is 1. The zero-order valence-electron chi connectivity index (χ0n) is 30.4. The molecule has 0 spiro atoms. The van der Waals surface area contributed by atoms with Crippen LogP contribution in [0.2, 0.25) is 0 Å². The van der Waals surface area contributed by atoms with E-state index in [9.17, 15) is 28.4 Å². The summed E-state index contributed by atoms with van der Waals surface area (Å²) < 4.78 is 47.5. The van der Waals surface area contributed by atoms with Gasteiger partial charge in [0.15, 0.2) is 29.7 Å². The summed E-state index contributed by atoms with van der Waals surface area (Å²) in [5.74, 6) is -3.83. The average molecular weight is 714 g/mol. The van der Waals surface area contributed by atoms with Crippen molar-refractivity contribution in [3.63, 3.8) is 0 Å². The standard InChI is InChI=1S/C38H48FNO11/c1-9-32(41)49-23-38(5,6)34(43)35(44)40-19-11-10-12-27(40)36(45)50-28(17-13-24-14-18-29(46-7)31(20-24)47-8)25-15-16-26(39)30(21-25)48-22-33(42)51-37(2,3)4/h9,14-16,18,20-21,27-28H,1,10-13,17,19,22-23H2,2-8H3/t27-,28+/m0/s1. The highest BCUT2D eigenvalue weighted by Crippen LogP contribution is 2.33. The van der Waals surface area contributed by atoms with Crippen LogP contribution in [-0.2, 0) is 44.6 Å². The number of halogens is 1. The number of ketones is 1. The van der Waals surface area contributed by atoms with Crippen molar-refractivity contribution < 1.29 is 56.8 Å². The van der Waals surface area contributed by atoms with Gasteiger partial charge in [-0.2, -0.15) is 0 Å². The summed E-state index contributed by atoms with van der Waals surface area (Å²) >= 11 is 0. The van der Waals surface area contributed by atoms with Crippen molar-refractivity contribution in [2.45, 2.75) is 84.5 Å². The van der Waals surface area contributed by atoms with Crippen LogP contribution in [0.25, 0.3) is 0 Å². The number of rotatable bonds is 16. The first-order chi connectivity index (χ1) is 24.0. The van der Waals surface area contributed by atoms with Crippen molar-refractivity contribution in [2.75, 3.05) is 34.0 Å². The second-order valence-electron chi connectivity index (χ2n) is 13.8. The number of hydrogen-bond donors (Lipinski definition) is 0. The van der Waals surface area contributed by atoms with Gasteiger partial charge in [-0.05, 0) is 102 Å². The van der Waals surface area contributed by atoms with Crippen LogP contribution in [0.5, 0.6) is 17.2 Å². The highest BCUT2D eigenvalue weighted by Gasteiger charge is 2.42. The second-order valence-corrected chi connectivity index (χ2v) is 13.8. The number of ether oxygens (including phenoxy) is 6. The molecule has 2 atom stereocenters. The molecule has 2 aromatic carbocycles. The zero-order chi connectivity index (χ0) is 37.9. The molecule has 0 unspecified atom stereocenters. The third-order valence-corrected chi connectivity index (χ3v) is 8.08. The van der Waals surface area contributed by atoms with E-state index < -0.39 is 65.2 Å². The Balaban J connectivity index is 1.89. The monoisotopic (exact) mass is 713 g/mol. The highest BCUT2D eigenvalue weighted by molar-refractivity contribution is 6.38. The van der Waals surface area contributed by atoms with E-state index in [0.29, 0.717) is 36.3 Å². The zero-order valence-corrected chi connectivity index (χ0v) is 30.4. The van der Waals surface area contributed by atoms with Crippen molar-refractivity contribution >= 4 is 29.6 Å². The van der Waals surface area contributed by atoms with Gasteiger partial charge in [-0.15, -0.1) is 0 Å². The Kier molecular flexibility index (Phi) is 14.1. The van der Waals surface area contributed by atoms with E-state index in [2.05, 4.69) is 6.58 Å². The van der Waals surface area contributed by atoms with Crippen LogP contribution in [0.4, 0.5) is 4.39 Å². The summed E-state index contributed by atoms with van der Waals surface area (Å²) in [4.78, 5) is 65.9. The third kappa shape index (κ3) is 11.5. The molecule has 1 amide bonds. The minimum absolute atomic E-state index is 0.141. The number of Topliss-reactive ketones (excluding diaryl/α,β-unsaturated/α-hetero) is 1. The minimum Gasteiger partial charge on any atom is -0.493 e. The lowest BCUT2D eigenvalue weighted by atomic mass is 9.87. The lowest BCUT2D eigenvalue weighted by Gasteiger charge is -2.36. The first-order valence-electron chi connectivity index (χ1n) is 16.7. The molecule has 0 bridgehead atoms. The van der Waals surface area contributed by atoms with Gasteiger partial charge in [-0.25, -0.2) is 18.8 Å². The SMILES string of the molecule is C=CC(=O)OCC(C)(C)C(=O)C(=O)N1CCCC[C@H]1C(=O)O[C@H](CCc1ccc(OC)c(OC)c1)c1ccc(F)c(OCC(=O)OC(C)(C)C)c1. The fourth-order valence-corrected chi connectivity index (χ4v) is 5.40. The number of likely N-dealkylation sites (tertiary alicyclic amines) is 1. The first kappa shape index (κ1) is 40.5. The first-order valence-corrected chi connectivity index (χ1v) is 16.7. The quantitative estimate of drug-likeness (QED) is 0.0944. The van der Waals surface area contributed by atoms with Crippen molar-refractivity contribution in [1.29, 1.82) is 0 Å². The highest BCUT2D eigenvalue weighted by atomic mass is 19.1. The Morgan fingerprint density at radius 3 is 2.31 bits per heavy atom. The second kappa shape index (κ2) is 17.8. The Morgan fingerprint density at radius 1 is 0.961 bits per heavy atom. The van der Waals surface area contributed by atoms with E-state index >= 15 is 0 Å². The summed E-state index contributed by atoms with van der Waals surface area (Å²) in [5.41, 5.74) is -0.930. The van der Waals surface area contributed by atoms with E-state index in [0.717, 1.165) is 17.7 Å². The number of hydrogen-bond acceptors (Lipinski definition) is 11. The van der Waals surface area contributed by atoms with Crippen LogP contribution in [-0.4, -0.2) is 80.1 Å². The molecule has 0 radical (unpaired) electrons. The largest absolute Gasteiger partial charge is 0.493 e. The molecular formula is C38H48FNO11. The van der Waals surface area contributed by atoms with Gasteiger partial charge in [0, 0.05) is 12.6 Å². The van der Waals surface area contributed by atoms with E-state index in [-0.39, 0.29) is 31.7 Å². The Morgan fingerprint density at radius 2 is 1.67 bits per heavy atom. The number of aryl methyl sites for hydroxylation is 1. The molecular weight excluding hydrogens is 665 g/mol. The van der Waals surface area contributed by atoms with Crippen molar-refractivity contribution in [1.82, 2.24) is 4.90 Å². The number of benzene rings is 2. The predicted molar refractivity (Wildman–Crippen MR) is 184 cm³/mol. The van der Waals surface area contributed by atoms with Crippen LogP contribution in [0, 0.1) is 11.2 Å². The third-order valence-electron chi connectivity index (χ3n) is 8.08. The molecule has 0 aliphatic carbocycles.